The van der Waals surface area contributed by atoms with Crippen molar-refractivity contribution in [3.8, 4) is 0 Å². The molecule has 11 nitrogen and oxygen atoms in total. The number of esters is 2. The molecule has 302 valence electrons. The minimum Gasteiger partial charge on any atom is -0.480 e. The highest BCUT2D eigenvalue weighted by Crippen LogP contribution is 2.43. The number of carboxylic acids is 1. The summed E-state index contributed by atoms with van der Waals surface area (Å²) in [5.41, 5.74) is 5.32. The average molecular weight is 758 g/mol. The van der Waals surface area contributed by atoms with Crippen LogP contribution in [-0.2, 0) is 37.5 Å². The smallest absolute Gasteiger partial charge is 0.472 e. The molecular formula is C40H72NO10P. The summed E-state index contributed by atoms with van der Waals surface area (Å²) in [7, 11) is -4.71. The second-order valence-electron chi connectivity index (χ2n) is 13.4. The molecule has 0 rings (SSSR count). The maximum Gasteiger partial charge on any atom is 0.472 e. The molecule has 0 saturated carbocycles. The molecule has 0 bridgehead atoms. The zero-order valence-corrected chi connectivity index (χ0v) is 33.3. The molecule has 4 N–H and O–H groups in total. The summed E-state index contributed by atoms with van der Waals surface area (Å²) < 4.78 is 32.6. The number of hydrogen-bond donors (Lipinski definition) is 3. The molecule has 0 fully saturated rings. The van der Waals surface area contributed by atoms with Gasteiger partial charge in [0.1, 0.15) is 12.6 Å². The van der Waals surface area contributed by atoms with Crippen LogP contribution < -0.4 is 5.73 Å². The van der Waals surface area contributed by atoms with Crippen LogP contribution in [0, 0.1) is 0 Å². The molecule has 0 radical (unpaired) electrons. The van der Waals surface area contributed by atoms with Crippen molar-refractivity contribution in [1.82, 2.24) is 0 Å². The highest BCUT2D eigenvalue weighted by atomic mass is 31.2. The van der Waals surface area contributed by atoms with Crippen LogP contribution in [0.2, 0.25) is 0 Å². The van der Waals surface area contributed by atoms with Crippen LogP contribution in [0.1, 0.15) is 168 Å². The van der Waals surface area contributed by atoms with Crippen LogP contribution in [0.4, 0.5) is 0 Å². The molecule has 0 amide bonds. The summed E-state index contributed by atoms with van der Waals surface area (Å²) in [5, 5.41) is 8.86. The second-order valence-corrected chi connectivity index (χ2v) is 14.8. The van der Waals surface area contributed by atoms with Gasteiger partial charge in [0.2, 0.25) is 0 Å². The van der Waals surface area contributed by atoms with E-state index in [1.165, 1.54) is 51.4 Å². The third-order valence-corrected chi connectivity index (χ3v) is 9.35. The van der Waals surface area contributed by atoms with E-state index in [2.05, 4.69) is 54.8 Å². The topological polar surface area (TPSA) is 172 Å². The van der Waals surface area contributed by atoms with E-state index in [0.29, 0.717) is 12.8 Å². The Bertz CT molecular complexity index is 1030. The lowest BCUT2D eigenvalue weighted by Crippen LogP contribution is -2.34. The van der Waals surface area contributed by atoms with E-state index in [0.717, 1.165) is 77.0 Å². The molecule has 0 aliphatic carbocycles. The first-order valence-electron chi connectivity index (χ1n) is 20.0. The molecule has 0 heterocycles. The monoisotopic (exact) mass is 757 g/mol. The van der Waals surface area contributed by atoms with Gasteiger partial charge in [-0.25, -0.2) is 4.57 Å². The molecule has 12 heteroatoms. The number of nitrogens with two attached hydrogens (primary N) is 1. The lowest BCUT2D eigenvalue weighted by Gasteiger charge is -2.20. The van der Waals surface area contributed by atoms with Gasteiger partial charge < -0.3 is 25.2 Å². The summed E-state index contributed by atoms with van der Waals surface area (Å²) in [4.78, 5) is 45.8. The third kappa shape index (κ3) is 34.8. The third-order valence-electron chi connectivity index (χ3n) is 8.40. The van der Waals surface area contributed by atoms with E-state index < -0.39 is 51.1 Å². The van der Waals surface area contributed by atoms with Crippen LogP contribution in [0.25, 0.3) is 0 Å². The fourth-order valence-electron chi connectivity index (χ4n) is 5.25. The number of ether oxygens (including phenoxy) is 2. The zero-order chi connectivity index (χ0) is 38.5. The maximum absolute atomic E-state index is 12.6. The molecule has 0 spiro atoms. The van der Waals surface area contributed by atoms with Crippen molar-refractivity contribution in [2.24, 2.45) is 5.73 Å². The molecule has 52 heavy (non-hydrogen) atoms. The van der Waals surface area contributed by atoms with E-state index in [-0.39, 0.29) is 19.4 Å². The first-order valence-corrected chi connectivity index (χ1v) is 21.5. The lowest BCUT2D eigenvalue weighted by molar-refractivity contribution is -0.161. The van der Waals surface area contributed by atoms with Gasteiger partial charge in [-0.1, -0.05) is 147 Å². The van der Waals surface area contributed by atoms with E-state index >= 15 is 0 Å². The predicted octanol–water partition coefficient (Wildman–Crippen LogP) is 10.1. The Morgan fingerprint density at radius 2 is 1.08 bits per heavy atom. The molecule has 0 saturated heterocycles. The fraction of sp³-hybridized carbons (Fsp3) is 0.775. The number of unbranched alkanes of at least 4 members (excludes halogenated alkanes) is 17. The Morgan fingerprint density at radius 1 is 0.615 bits per heavy atom. The van der Waals surface area contributed by atoms with Gasteiger partial charge in [-0.2, -0.15) is 0 Å². The number of phosphoric acid groups is 1. The summed E-state index contributed by atoms with van der Waals surface area (Å²) in [6, 6.07) is -1.52. The number of rotatable bonds is 37. The molecule has 3 unspecified atom stereocenters. The minimum absolute atomic E-state index is 0.151. The first kappa shape index (κ1) is 49.7. The van der Waals surface area contributed by atoms with Gasteiger partial charge in [0.05, 0.1) is 13.2 Å². The van der Waals surface area contributed by atoms with Gasteiger partial charge in [-0.3, -0.25) is 23.4 Å². The van der Waals surface area contributed by atoms with Gasteiger partial charge in [-0.15, -0.1) is 0 Å². The highest BCUT2D eigenvalue weighted by molar-refractivity contribution is 7.47. The largest absolute Gasteiger partial charge is 0.480 e. The highest BCUT2D eigenvalue weighted by Gasteiger charge is 2.28. The summed E-state index contributed by atoms with van der Waals surface area (Å²) in [5.74, 6) is -2.39. The molecule has 3 atom stereocenters. The number of carboxylic acid groups (broad SMARTS) is 1. The number of hydrogen-bond acceptors (Lipinski definition) is 9. The number of phosphoric ester groups is 1. The summed E-state index contributed by atoms with van der Waals surface area (Å²) in [6.07, 6.45) is 36.4. The number of aliphatic carboxylic acids is 1. The van der Waals surface area contributed by atoms with Crippen molar-refractivity contribution in [2.45, 2.75) is 180 Å². The van der Waals surface area contributed by atoms with Crippen LogP contribution in [-0.4, -0.2) is 59.9 Å². The Kier molecular flexibility index (Phi) is 34.1. The van der Waals surface area contributed by atoms with Crippen molar-refractivity contribution in [1.29, 1.82) is 0 Å². The van der Waals surface area contributed by atoms with Gasteiger partial charge in [0.25, 0.3) is 0 Å². The van der Waals surface area contributed by atoms with E-state index in [1.807, 2.05) is 0 Å². The Labute approximate surface area is 314 Å². The Morgan fingerprint density at radius 3 is 1.62 bits per heavy atom. The number of allylic oxidation sites excluding steroid dienone is 6. The van der Waals surface area contributed by atoms with Crippen molar-refractivity contribution in [3.63, 3.8) is 0 Å². The standard InChI is InChI=1S/C40H72NO10P/c1-3-5-7-9-11-13-15-16-17-18-19-20-22-24-26-28-30-32-39(43)51-36(34-49-52(46,47)50-35-37(41)40(44)45)33-48-38(42)31-29-27-25-23-21-14-12-10-8-6-4-2/h5,7,11,13,16-17,36-37H,3-4,6,8-10,12,14-15,18-35,41H2,1-2H3,(H,44,45)(H,46,47)/b7-5-,13-11-,17-16-. The maximum atomic E-state index is 12.6. The van der Waals surface area contributed by atoms with Gasteiger partial charge >= 0.3 is 25.7 Å². The number of carbonyl (C=O) groups is 3. The SMILES string of the molecule is CC/C=C\C/C=C\C/C=C\CCCCCCCCCC(=O)OC(COC(=O)CCCCCCCCCCCCC)COP(=O)(O)OCC(N)C(=O)O. The normalized spacial score (nSPS) is 14.2. The van der Waals surface area contributed by atoms with Gasteiger partial charge in [0, 0.05) is 12.8 Å². The molecule has 0 aliphatic heterocycles. The van der Waals surface area contributed by atoms with Crippen LogP contribution in [0.15, 0.2) is 36.5 Å². The molecule has 0 aliphatic rings. The van der Waals surface area contributed by atoms with E-state index in [4.69, 9.17) is 24.8 Å². The molecular weight excluding hydrogens is 685 g/mol. The predicted molar refractivity (Wildman–Crippen MR) is 208 cm³/mol. The molecule has 0 aromatic heterocycles. The second kappa shape index (κ2) is 35.7. The average Bonchev–Trinajstić information content (AvgIpc) is 3.12. The van der Waals surface area contributed by atoms with Gasteiger partial charge in [0.15, 0.2) is 6.10 Å². The minimum atomic E-state index is -4.71. The Hall–Kier alpha value is -2.30. The molecule has 0 aromatic carbocycles. The molecule has 0 aromatic rings. The van der Waals surface area contributed by atoms with Gasteiger partial charge in [-0.05, 0) is 44.9 Å². The zero-order valence-electron chi connectivity index (χ0n) is 32.4. The quantitative estimate of drug-likeness (QED) is 0.0238. The van der Waals surface area contributed by atoms with Crippen LogP contribution in [0.5, 0.6) is 0 Å². The van der Waals surface area contributed by atoms with Crippen molar-refractivity contribution in [2.75, 3.05) is 19.8 Å². The van der Waals surface area contributed by atoms with Crippen molar-refractivity contribution in [3.05, 3.63) is 36.5 Å². The van der Waals surface area contributed by atoms with E-state index in [9.17, 15) is 23.8 Å². The lowest BCUT2D eigenvalue weighted by atomic mass is 10.1. The summed E-state index contributed by atoms with van der Waals surface area (Å²) >= 11 is 0. The van der Waals surface area contributed by atoms with Crippen molar-refractivity contribution < 1.29 is 47.5 Å². The summed E-state index contributed by atoms with van der Waals surface area (Å²) in [6.45, 7) is 2.66. The van der Waals surface area contributed by atoms with Crippen LogP contribution >= 0.6 is 7.82 Å². The van der Waals surface area contributed by atoms with E-state index in [1.54, 1.807) is 0 Å². The number of carbonyl (C=O) groups excluding carboxylic acids is 2. The first-order chi connectivity index (χ1) is 25.1. The van der Waals surface area contributed by atoms with Crippen molar-refractivity contribution >= 4 is 25.7 Å². The fourth-order valence-corrected chi connectivity index (χ4v) is 6.03. The van der Waals surface area contributed by atoms with Crippen LogP contribution in [0.3, 0.4) is 0 Å². The Balaban J connectivity index is 4.41.